The van der Waals surface area contributed by atoms with E-state index in [1.165, 1.54) is 0 Å². The molecule has 1 atom stereocenters. The molecular weight excluding hydrogens is 245 g/mol. The van der Waals surface area contributed by atoms with E-state index in [0.29, 0.717) is 19.6 Å². The molecule has 1 unspecified atom stereocenters. The van der Waals surface area contributed by atoms with Crippen LogP contribution in [0.15, 0.2) is 0 Å². The molecular formula is C12H23F3N2O. The lowest BCUT2D eigenvalue weighted by atomic mass is 9.94. The summed E-state index contributed by atoms with van der Waals surface area (Å²) in [5, 5.41) is 12.5. The topological polar surface area (TPSA) is 35.5 Å². The van der Waals surface area contributed by atoms with E-state index >= 15 is 0 Å². The van der Waals surface area contributed by atoms with Crippen molar-refractivity contribution in [1.29, 1.82) is 0 Å². The molecule has 3 nitrogen and oxygen atoms in total. The van der Waals surface area contributed by atoms with Crippen LogP contribution in [0, 0.1) is 5.92 Å². The molecule has 1 saturated heterocycles. The summed E-state index contributed by atoms with van der Waals surface area (Å²) in [6.45, 7) is 6.05. The van der Waals surface area contributed by atoms with Crippen molar-refractivity contribution in [3.05, 3.63) is 0 Å². The minimum Gasteiger partial charge on any atom is -0.394 e. The molecule has 0 aliphatic carbocycles. The lowest BCUT2D eigenvalue weighted by Gasteiger charge is -2.39. The number of piperidine rings is 1. The maximum Gasteiger partial charge on any atom is 0.391 e. The fraction of sp³-hybridized carbons (Fsp3) is 1.00. The molecule has 0 amide bonds. The maximum atomic E-state index is 12.5. The number of nitrogens with one attached hydrogen (secondary N) is 1. The Labute approximate surface area is 106 Å². The molecule has 1 aliphatic heterocycles. The number of halogens is 3. The monoisotopic (exact) mass is 268 g/mol. The van der Waals surface area contributed by atoms with Crippen LogP contribution < -0.4 is 5.32 Å². The molecule has 1 heterocycles. The van der Waals surface area contributed by atoms with E-state index in [1.807, 2.05) is 18.7 Å². The molecule has 1 rings (SSSR count). The third-order valence-electron chi connectivity index (χ3n) is 3.58. The first kappa shape index (κ1) is 15.7. The standard InChI is InChI=1S/C12H23F3N2O/c1-3-16-11(2,9-18)8-17-6-4-10(5-7-17)12(13,14)15/h10,16,18H,3-9H2,1-2H3. The van der Waals surface area contributed by atoms with Gasteiger partial charge < -0.3 is 15.3 Å². The first-order chi connectivity index (χ1) is 8.30. The van der Waals surface area contributed by atoms with E-state index in [1.54, 1.807) is 0 Å². The molecule has 0 bridgehead atoms. The number of hydrogen-bond acceptors (Lipinski definition) is 3. The van der Waals surface area contributed by atoms with Gasteiger partial charge in [0.25, 0.3) is 0 Å². The second-order valence-electron chi connectivity index (χ2n) is 5.34. The van der Waals surface area contributed by atoms with E-state index in [9.17, 15) is 18.3 Å². The minimum absolute atomic E-state index is 0.0138. The van der Waals surface area contributed by atoms with Gasteiger partial charge in [0.15, 0.2) is 0 Å². The summed E-state index contributed by atoms with van der Waals surface area (Å²) in [5.41, 5.74) is -0.431. The highest BCUT2D eigenvalue weighted by atomic mass is 19.4. The van der Waals surface area contributed by atoms with E-state index in [-0.39, 0.29) is 19.4 Å². The summed E-state index contributed by atoms with van der Waals surface area (Å²) in [7, 11) is 0. The van der Waals surface area contributed by atoms with Crippen LogP contribution in [0.3, 0.4) is 0 Å². The highest BCUT2D eigenvalue weighted by molar-refractivity contribution is 4.88. The molecule has 0 aromatic heterocycles. The minimum atomic E-state index is -4.06. The van der Waals surface area contributed by atoms with Gasteiger partial charge in [-0.1, -0.05) is 6.92 Å². The zero-order valence-corrected chi connectivity index (χ0v) is 11.1. The quantitative estimate of drug-likeness (QED) is 0.795. The molecule has 1 aliphatic rings. The number of nitrogens with zero attached hydrogens (tertiary/aromatic N) is 1. The summed E-state index contributed by atoms with van der Waals surface area (Å²) in [6, 6.07) is 0. The van der Waals surface area contributed by atoms with Crippen molar-refractivity contribution in [2.75, 3.05) is 32.8 Å². The van der Waals surface area contributed by atoms with Crippen molar-refractivity contribution < 1.29 is 18.3 Å². The molecule has 0 radical (unpaired) electrons. The van der Waals surface area contributed by atoms with Crippen LogP contribution in [0.5, 0.6) is 0 Å². The van der Waals surface area contributed by atoms with Crippen molar-refractivity contribution in [2.45, 2.75) is 38.4 Å². The van der Waals surface area contributed by atoms with Crippen LogP contribution in [0.25, 0.3) is 0 Å². The molecule has 0 aromatic rings. The Hall–Kier alpha value is -0.330. The predicted octanol–water partition coefficient (Wildman–Crippen LogP) is 1.62. The molecule has 0 spiro atoms. The van der Waals surface area contributed by atoms with Crippen molar-refractivity contribution >= 4 is 0 Å². The molecule has 0 saturated carbocycles. The van der Waals surface area contributed by atoms with Gasteiger partial charge in [-0.25, -0.2) is 0 Å². The normalized spacial score (nSPS) is 23.0. The predicted molar refractivity (Wildman–Crippen MR) is 64.4 cm³/mol. The lowest BCUT2D eigenvalue weighted by Crippen LogP contribution is -2.55. The fourth-order valence-electron chi connectivity index (χ4n) is 2.50. The Morgan fingerprint density at radius 3 is 2.22 bits per heavy atom. The smallest absolute Gasteiger partial charge is 0.391 e. The summed E-state index contributed by atoms with van der Waals surface area (Å²) in [5.74, 6) is -1.16. The van der Waals surface area contributed by atoms with E-state index < -0.39 is 17.6 Å². The van der Waals surface area contributed by atoms with Gasteiger partial charge in [-0.2, -0.15) is 13.2 Å². The van der Waals surface area contributed by atoms with Gasteiger partial charge in [-0.05, 0) is 39.4 Å². The third-order valence-corrected chi connectivity index (χ3v) is 3.58. The van der Waals surface area contributed by atoms with Crippen molar-refractivity contribution in [1.82, 2.24) is 10.2 Å². The van der Waals surface area contributed by atoms with Crippen LogP contribution in [-0.4, -0.2) is 54.5 Å². The Bertz CT molecular complexity index is 252. The second-order valence-corrected chi connectivity index (χ2v) is 5.34. The number of aliphatic hydroxyl groups excluding tert-OH is 1. The average Bonchev–Trinajstić information content (AvgIpc) is 2.29. The van der Waals surface area contributed by atoms with Crippen LogP contribution in [-0.2, 0) is 0 Å². The SMILES string of the molecule is CCNC(C)(CO)CN1CCC(C(F)(F)F)CC1. The summed E-state index contributed by atoms with van der Waals surface area (Å²) in [6.07, 6.45) is -3.73. The van der Waals surface area contributed by atoms with Gasteiger partial charge >= 0.3 is 6.18 Å². The number of likely N-dealkylation sites (N-methyl/N-ethyl adjacent to an activating group) is 1. The Morgan fingerprint density at radius 1 is 1.28 bits per heavy atom. The van der Waals surface area contributed by atoms with Crippen molar-refractivity contribution in [3.8, 4) is 0 Å². The van der Waals surface area contributed by atoms with Gasteiger partial charge in [0.05, 0.1) is 18.1 Å². The highest BCUT2D eigenvalue weighted by Gasteiger charge is 2.41. The molecule has 6 heteroatoms. The van der Waals surface area contributed by atoms with E-state index in [4.69, 9.17) is 0 Å². The van der Waals surface area contributed by atoms with Gasteiger partial charge in [0.2, 0.25) is 0 Å². The van der Waals surface area contributed by atoms with Crippen molar-refractivity contribution in [2.24, 2.45) is 5.92 Å². The zero-order valence-electron chi connectivity index (χ0n) is 11.1. The van der Waals surface area contributed by atoms with Gasteiger partial charge in [0, 0.05) is 6.54 Å². The molecule has 0 aromatic carbocycles. The number of hydrogen-bond donors (Lipinski definition) is 2. The maximum absolute atomic E-state index is 12.5. The fourth-order valence-corrected chi connectivity index (χ4v) is 2.50. The van der Waals surface area contributed by atoms with Gasteiger partial charge in [-0.3, -0.25) is 0 Å². The van der Waals surface area contributed by atoms with Crippen LogP contribution in [0.1, 0.15) is 26.7 Å². The molecule has 108 valence electrons. The average molecular weight is 268 g/mol. The first-order valence-corrected chi connectivity index (χ1v) is 6.45. The van der Waals surface area contributed by atoms with Gasteiger partial charge in [0.1, 0.15) is 0 Å². The third kappa shape index (κ3) is 4.40. The molecule has 1 fully saturated rings. The summed E-state index contributed by atoms with van der Waals surface area (Å²) >= 11 is 0. The number of likely N-dealkylation sites (tertiary alicyclic amines) is 1. The van der Waals surface area contributed by atoms with Gasteiger partial charge in [-0.15, -0.1) is 0 Å². The zero-order chi connectivity index (χ0) is 13.8. The Morgan fingerprint density at radius 2 is 1.83 bits per heavy atom. The van der Waals surface area contributed by atoms with E-state index in [2.05, 4.69) is 5.32 Å². The molecule has 18 heavy (non-hydrogen) atoms. The van der Waals surface area contributed by atoms with Crippen molar-refractivity contribution in [3.63, 3.8) is 0 Å². The lowest BCUT2D eigenvalue weighted by molar-refractivity contribution is -0.185. The number of alkyl halides is 3. The number of aliphatic hydroxyl groups is 1. The Balaban J connectivity index is 2.44. The Kier molecular flexibility index (Phi) is 5.43. The molecule has 2 N–H and O–H groups in total. The highest BCUT2D eigenvalue weighted by Crippen LogP contribution is 2.34. The largest absolute Gasteiger partial charge is 0.394 e. The second kappa shape index (κ2) is 6.21. The van der Waals surface area contributed by atoms with E-state index in [0.717, 1.165) is 6.54 Å². The number of rotatable bonds is 5. The summed E-state index contributed by atoms with van der Waals surface area (Å²) < 4.78 is 37.6. The first-order valence-electron chi connectivity index (χ1n) is 6.45. The van der Waals surface area contributed by atoms with Crippen LogP contribution >= 0.6 is 0 Å². The van der Waals surface area contributed by atoms with Crippen LogP contribution in [0.4, 0.5) is 13.2 Å². The van der Waals surface area contributed by atoms with Crippen LogP contribution in [0.2, 0.25) is 0 Å². The summed E-state index contributed by atoms with van der Waals surface area (Å²) in [4.78, 5) is 2.00.